The van der Waals surface area contributed by atoms with Crippen molar-refractivity contribution in [1.82, 2.24) is 4.57 Å². The predicted octanol–water partition coefficient (Wildman–Crippen LogP) is 9.81. The number of hydrogen-bond donors (Lipinski definition) is 2. The van der Waals surface area contributed by atoms with Crippen LogP contribution in [-0.4, -0.2) is 10.3 Å². The van der Waals surface area contributed by atoms with Crippen LogP contribution in [0.4, 0.5) is 0 Å². The monoisotopic (exact) mass is 555 g/mol. The maximum absolute atomic E-state index is 7.95. The highest BCUT2D eigenvalue weighted by molar-refractivity contribution is 6.10. The minimum atomic E-state index is 0.423. The van der Waals surface area contributed by atoms with Crippen molar-refractivity contribution in [3.63, 3.8) is 0 Å². The molecule has 43 heavy (non-hydrogen) atoms. The molecular formula is C40H33N3. The number of para-hydroxylation sites is 2. The first-order valence-corrected chi connectivity index (χ1v) is 14.4. The Bertz CT molecular complexity index is 1980. The van der Waals surface area contributed by atoms with Crippen LogP contribution in [0.15, 0.2) is 164 Å². The average Bonchev–Trinajstić information content (AvgIpc) is 3.40. The van der Waals surface area contributed by atoms with Gasteiger partial charge in [0.15, 0.2) is 0 Å². The zero-order chi connectivity index (χ0) is 29.6. The van der Waals surface area contributed by atoms with Gasteiger partial charge in [0.05, 0.1) is 16.7 Å². The summed E-state index contributed by atoms with van der Waals surface area (Å²) in [6.07, 6.45) is 1.69. The van der Waals surface area contributed by atoms with E-state index >= 15 is 0 Å². The molecule has 0 radical (unpaired) electrons. The van der Waals surface area contributed by atoms with Gasteiger partial charge in [-0.15, -0.1) is 0 Å². The Hall–Kier alpha value is -5.67. The van der Waals surface area contributed by atoms with Crippen LogP contribution in [0.3, 0.4) is 0 Å². The van der Waals surface area contributed by atoms with Crippen molar-refractivity contribution in [2.75, 3.05) is 0 Å². The Kier molecular flexibility index (Phi) is 7.97. The highest BCUT2D eigenvalue weighted by Gasteiger charge is 2.11. The minimum absolute atomic E-state index is 0.423. The molecule has 0 spiro atoms. The van der Waals surface area contributed by atoms with Crippen molar-refractivity contribution in [1.29, 1.82) is 5.41 Å². The van der Waals surface area contributed by atoms with E-state index in [-0.39, 0.29) is 0 Å². The van der Waals surface area contributed by atoms with Crippen molar-refractivity contribution in [2.45, 2.75) is 6.92 Å². The molecule has 0 amide bonds. The van der Waals surface area contributed by atoms with Gasteiger partial charge in [0, 0.05) is 22.2 Å². The molecule has 0 saturated carbocycles. The van der Waals surface area contributed by atoms with Gasteiger partial charge in [-0.25, -0.2) is 0 Å². The van der Waals surface area contributed by atoms with Crippen molar-refractivity contribution in [3.8, 4) is 16.8 Å². The standard InChI is InChI=1S/C25H19N.C15H14N2/c1-18-7-6-8-20(17-18)19-13-15-21(16-14-19)26-24-11-4-2-9-22(24)23-10-3-5-12-25(23)26;16-14(12-7-3-1-4-8-12)11-15(17)13-9-5-2-6-10-13/h2-17H,1H3;1-11,16H,17H2/b;15-11-,16-14?. The second kappa shape index (κ2) is 12.5. The Morgan fingerprint density at radius 1 is 0.558 bits per heavy atom. The molecule has 0 unspecified atom stereocenters. The third kappa shape index (κ3) is 6.02. The van der Waals surface area contributed by atoms with E-state index in [1.165, 1.54) is 44.2 Å². The fourth-order valence-corrected chi connectivity index (χ4v) is 5.40. The minimum Gasteiger partial charge on any atom is -0.398 e. The second-order valence-corrected chi connectivity index (χ2v) is 10.5. The van der Waals surface area contributed by atoms with Crippen LogP contribution in [0.2, 0.25) is 0 Å². The molecule has 3 nitrogen and oxygen atoms in total. The van der Waals surface area contributed by atoms with E-state index in [9.17, 15) is 0 Å². The van der Waals surface area contributed by atoms with Gasteiger partial charge in [0.1, 0.15) is 0 Å². The SMILES string of the molecule is Cc1cccc(-c2ccc(-n3c4ccccc4c4ccccc43)cc2)c1.N=C(/C=C(\N)c1ccccc1)c1ccccc1. The fraction of sp³-hybridized carbons (Fsp3) is 0.0250. The predicted molar refractivity (Wildman–Crippen MR) is 183 cm³/mol. The summed E-state index contributed by atoms with van der Waals surface area (Å²) in [5.41, 5.74) is 16.3. The van der Waals surface area contributed by atoms with Crippen LogP contribution in [0.1, 0.15) is 16.7 Å². The van der Waals surface area contributed by atoms with E-state index in [0.29, 0.717) is 11.4 Å². The molecule has 0 atom stereocenters. The molecule has 0 aliphatic heterocycles. The molecule has 7 aromatic rings. The van der Waals surface area contributed by atoms with E-state index < -0.39 is 0 Å². The van der Waals surface area contributed by atoms with Gasteiger partial charge < -0.3 is 15.7 Å². The van der Waals surface area contributed by atoms with Crippen molar-refractivity contribution in [3.05, 3.63) is 180 Å². The number of aromatic nitrogens is 1. The number of benzene rings is 6. The molecule has 7 rings (SSSR count). The lowest BCUT2D eigenvalue weighted by Gasteiger charge is -2.09. The molecule has 0 aliphatic carbocycles. The van der Waals surface area contributed by atoms with E-state index in [4.69, 9.17) is 11.1 Å². The zero-order valence-corrected chi connectivity index (χ0v) is 24.1. The Morgan fingerprint density at radius 3 is 1.67 bits per heavy atom. The number of hydrogen-bond acceptors (Lipinski definition) is 2. The highest BCUT2D eigenvalue weighted by Crippen LogP contribution is 2.32. The quantitative estimate of drug-likeness (QED) is 0.204. The summed E-state index contributed by atoms with van der Waals surface area (Å²) in [4.78, 5) is 0. The van der Waals surface area contributed by atoms with Crippen molar-refractivity contribution < 1.29 is 0 Å². The molecule has 3 heteroatoms. The topological polar surface area (TPSA) is 54.8 Å². The summed E-state index contributed by atoms with van der Waals surface area (Å²) in [5, 5.41) is 10.5. The van der Waals surface area contributed by atoms with E-state index in [1.54, 1.807) is 6.08 Å². The van der Waals surface area contributed by atoms with Gasteiger partial charge in [-0.05, 0) is 59.5 Å². The molecule has 0 aliphatic rings. The average molecular weight is 556 g/mol. The molecule has 0 fully saturated rings. The van der Waals surface area contributed by atoms with Crippen LogP contribution in [0, 0.1) is 12.3 Å². The number of nitrogens with one attached hydrogen (secondary N) is 1. The molecule has 1 heterocycles. The van der Waals surface area contributed by atoms with Gasteiger partial charge in [-0.2, -0.15) is 0 Å². The highest BCUT2D eigenvalue weighted by atomic mass is 15.0. The smallest absolute Gasteiger partial charge is 0.0632 e. The molecule has 3 N–H and O–H groups in total. The largest absolute Gasteiger partial charge is 0.398 e. The third-order valence-electron chi connectivity index (χ3n) is 7.55. The first kappa shape index (κ1) is 27.5. The summed E-state index contributed by atoms with van der Waals surface area (Å²) in [6.45, 7) is 2.13. The maximum atomic E-state index is 7.95. The van der Waals surface area contributed by atoms with Gasteiger partial charge in [0.2, 0.25) is 0 Å². The molecular weight excluding hydrogens is 522 g/mol. The van der Waals surface area contributed by atoms with Crippen molar-refractivity contribution >= 4 is 33.2 Å². The Labute approximate surface area is 252 Å². The molecule has 6 aromatic carbocycles. The van der Waals surface area contributed by atoms with E-state index in [0.717, 1.165) is 11.1 Å². The lowest BCUT2D eigenvalue weighted by Crippen LogP contribution is -2.02. The van der Waals surface area contributed by atoms with Gasteiger partial charge >= 0.3 is 0 Å². The summed E-state index contributed by atoms with van der Waals surface area (Å²) in [7, 11) is 0. The van der Waals surface area contributed by atoms with Crippen LogP contribution in [-0.2, 0) is 0 Å². The first-order valence-electron chi connectivity index (χ1n) is 14.4. The second-order valence-electron chi connectivity index (χ2n) is 10.5. The molecule has 0 saturated heterocycles. The lowest BCUT2D eigenvalue weighted by molar-refractivity contribution is 1.18. The fourth-order valence-electron chi connectivity index (χ4n) is 5.40. The molecule has 0 bridgehead atoms. The van der Waals surface area contributed by atoms with Crippen LogP contribution >= 0.6 is 0 Å². The van der Waals surface area contributed by atoms with Gasteiger partial charge in [-0.3, -0.25) is 0 Å². The normalized spacial score (nSPS) is 11.2. The Morgan fingerprint density at radius 2 is 1.09 bits per heavy atom. The number of nitrogens with zero attached hydrogens (tertiary/aromatic N) is 1. The number of aryl methyl sites for hydroxylation is 1. The van der Waals surface area contributed by atoms with E-state index in [2.05, 4.69) is 109 Å². The first-order chi connectivity index (χ1) is 21.1. The third-order valence-corrected chi connectivity index (χ3v) is 7.55. The van der Waals surface area contributed by atoms with Gasteiger partial charge in [-0.1, -0.05) is 139 Å². The number of fused-ring (bicyclic) bond motifs is 3. The van der Waals surface area contributed by atoms with E-state index in [1.807, 2.05) is 60.7 Å². The number of nitrogens with two attached hydrogens (primary N) is 1. The van der Waals surface area contributed by atoms with Crippen LogP contribution < -0.4 is 5.73 Å². The summed E-state index contributed by atoms with van der Waals surface area (Å²) in [5.74, 6) is 0. The van der Waals surface area contributed by atoms with Gasteiger partial charge in [0.25, 0.3) is 0 Å². The molecule has 208 valence electrons. The summed E-state index contributed by atoms with van der Waals surface area (Å²) >= 11 is 0. The summed E-state index contributed by atoms with van der Waals surface area (Å²) < 4.78 is 2.35. The maximum Gasteiger partial charge on any atom is 0.0632 e. The summed E-state index contributed by atoms with van der Waals surface area (Å²) in [6, 6.07) is 54.0. The number of allylic oxidation sites excluding steroid dienone is 1. The van der Waals surface area contributed by atoms with Crippen molar-refractivity contribution in [2.24, 2.45) is 5.73 Å². The number of rotatable bonds is 5. The Balaban J connectivity index is 0.000000168. The van der Waals surface area contributed by atoms with Crippen LogP contribution in [0.25, 0.3) is 44.3 Å². The lowest BCUT2D eigenvalue weighted by atomic mass is 10.0. The molecule has 1 aromatic heterocycles. The van der Waals surface area contributed by atoms with Crippen LogP contribution in [0.5, 0.6) is 0 Å². The zero-order valence-electron chi connectivity index (χ0n) is 24.1.